The average Bonchev–Trinajstić information content (AvgIpc) is 3.43. The molecule has 1 atom stereocenters. The summed E-state index contributed by atoms with van der Waals surface area (Å²) in [6.07, 6.45) is 6.89. The van der Waals surface area contributed by atoms with Crippen molar-refractivity contribution in [2.45, 2.75) is 57.2 Å². The number of aromatic nitrogens is 4. The molecule has 1 saturated carbocycles. The minimum atomic E-state index is -0.998. The van der Waals surface area contributed by atoms with Gasteiger partial charge in [-0.2, -0.15) is 0 Å². The summed E-state index contributed by atoms with van der Waals surface area (Å²) in [6, 6.07) is 4.68. The Morgan fingerprint density at radius 1 is 1.07 bits per heavy atom. The third-order valence-corrected chi connectivity index (χ3v) is 8.52. The molecule has 1 aliphatic carbocycles. The highest BCUT2D eigenvalue weighted by Crippen LogP contribution is 2.25. The van der Waals surface area contributed by atoms with Crippen molar-refractivity contribution in [3.63, 3.8) is 0 Å². The number of imidazole rings is 1. The summed E-state index contributed by atoms with van der Waals surface area (Å²) < 4.78 is 23.1. The SMILES string of the molecule is Cn1c(=O)c2c(ncn2CC(=O)N(CCCN2CCOCC2)C(C(=O)NC2CCCCC2)c2ccc(F)cc2)n(C)c1=O. The quantitative estimate of drug-likeness (QED) is 0.374. The van der Waals surface area contributed by atoms with E-state index in [0.29, 0.717) is 31.7 Å². The van der Waals surface area contributed by atoms with Gasteiger partial charge in [0.15, 0.2) is 11.2 Å². The molecule has 0 bridgehead atoms. The molecular weight excluding hydrogens is 557 g/mol. The Hall–Kier alpha value is -3.84. The van der Waals surface area contributed by atoms with Crippen LogP contribution in [0.15, 0.2) is 40.2 Å². The fourth-order valence-corrected chi connectivity index (χ4v) is 6.09. The van der Waals surface area contributed by atoms with Gasteiger partial charge in [-0.25, -0.2) is 14.2 Å². The number of aryl methyl sites for hydroxylation is 1. The van der Waals surface area contributed by atoms with Gasteiger partial charge >= 0.3 is 5.69 Å². The van der Waals surface area contributed by atoms with Crippen molar-refractivity contribution >= 4 is 23.0 Å². The Labute approximate surface area is 249 Å². The molecule has 1 aliphatic heterocycles. The van der Waals surface area contributed by atoms with Gasteiger partial charge in [-0.1, -0.05) is 31.4 Å². The molecule has 0 radical (unpaired) electrons. The van der Waals surface area contributed by atoms with Crippen LogP contribution in [0.4, 0.5) is 4.39 Å². The summed E-state index contributed by atoms with van der Waals surface area (Å²) in [5.74, 6) is -1.15. The Kier molecular flexibility index (Phi) is 9.71. The van der Waals surface area contributed by atoms with Crippen molar-refractivity contribution in [2.75, 3.05) is 39.4 Å². The van der Waals surface area contributed by atoms with E-state index in [2.05, 4.69) is 15.2 Å². The Balaban J connectivity index is 1.48. The lowest BCUT2D eigenvalue weighted by molar-refractivity contribution is -0.141. The maximum atomic E-state index is 14.2. The Bertz CT molecular complexity index is 1550. The molecule has 3 aromatic rings. The second-order valence-electron chi connectivity index (χ2n) is 11.4. The molecule has 2 aliphatic rings. The largest absolute Gasteiger partial charge is 0.379 e. The lowest BCUT2D eigenvalue weighted by Crippen LogP contribution is -2.48. The van der Waals surface area contributed by atoms with Crippen LogP contribution in [-0.2, 0) is 35.0 Å². The topological polar surface area (TPSA) is 124 Å². The van der Waals surface area contributed by atoms with Crippen LogP contribution in [0.2, 0.25) is 0 Å². The lowest BCUT2D eigenvalue weighted by Gasteiger charge is -2.34. The number of amides is 2. The van der Waals surface area contributed by atoms with Crippen LogP contribution >= 0.6 is 0 Å². The van der Waals surface area contributed by atoms with Crippen LogP contribution in [0.3, 0.4) is 0 Å². The number of fused-ring (bicyclic) bond motifs is 1. The number of rotatable bonds is 10. The number of halogens is 1. The molecule has 1 N–H and O–H groups in total. The van der Waals surface area contributed by atoms with Crippen LogP contribution in [0, 0.1) is 5.82 Å². The molecule has 232 valence electrons. The van der Waals surface area contributed by atoms with E-state index in [9.17, 15) is 23.6 Å². The first-order valence-corrected chi connectivity index (χ1v) is 15.0. The highest BCUT2D eigenvalue weighted by Gasteiger charge is 2.33. The third kappa shape index (κ3) is 6.88. The van der Waals surface area contributed by atoms with E-state index in [-0.39, 0.29) is 36.2 Å². The number of ether oxygens (including phenoxy) is 1. The van der Waals surface area contributed by atoms with Gasteiger partial charge < -0.3 is 19.5 Å². The minimum absolute atomic E-state index is 0.0106. The summed E-state index contributed by atoms with van der Waals surface area (Å²) in [5.41, 5.74) is -0.286. The molecule has 12 nitrogen and oxygen atoms in total. The molecule has 1 unspecified atom stereocenters. The van der Waals surface area contributed by atoms with Crippen LogP contribution < -0.4 is 16.6 Å². The van der Waals surface area contributed by atoms with Crippen molar-refractivity contribution in [3.05, 3.63) is 62.8 Å². The van der Waals surface area contributed by atoms with Crippen molar-refractivity contribution in [3.8, 4) is 0 Å². The van der Waals surface area contributed by atoms with Gasteiger partial charge in [0.2, 0.25) is 11.8 Å². The second kappa shape index (κ2) is 13.6. The van der Waals surface area contributed by atoms with Crippen molar-refractivity contribution in [2.24, 2.45) is 14.1 Å². The zero-order valence-electron chi connectivity index (χ0n) is 24.8. The number of nitrogens with one attached hydrogen (secondary N) is 1. The van der Waals surface area contributed by atoms with Gasteiger partial charge in [0, 0.05) is 46.3 Å². The number of morpholine rings is 1. The molecule has 1 aromatic carbocycles. The predicted octanol–water partition coefficient (Wildman–Crippen LogP) is 1.31. The Morgan fingerprint density at radius 2 is 1.77 bits per heavy atom. The lowest BCUT2D eigenvalue weighted by atomic mass is 9.94. The number of nitrogens with zero attached hydrogens (tertiary/aromatic N) is 6. The zero-order chi connectivity index (χ0) is 30.5. The van der Waals surface area contributed by atoms with Gasteiger partial charge in [0.25, 0.3) is 5.56 Å². The summed E-state index contributed by atoms with van der Waals surface area (Å²) in [5, 5.41) is 3.16. The standard InChI is InChI=1S/C30H40FN7O5/c1-34-27-26(29(41)35(2)30(34)42)37(20-32-27)19-24(39)38(14-6-13-36-15-17-43-18-16-36)25(21-9-11-22(31)12-10-21)28(40)33-23-7-4-3-5-8-23/h9-12,20,23,25H,3-8,13-19H2,1-2H3,(H,33,40). The number of hydrogen-bond acceptors (Lipinski definition) is 7. The van der Waals surface area contributed by atoms with Gasteiger partial charge in [-0.05, 0) is 37.0 Å². The first kappa shape index (κ1) is 30.6. The molecular formula is C30H40FN7O5. The van der Waals surface area contributed by atoms with Crippen LogP contribution in [0.1, 0.15) is 50.1 Å². The molecule has 13 heteroatoms. The predicted molar refractivity (Wildman–Crippen MR) is 158 cm³/mol. The van der Waals surface area contributed by atoms with Gasteiger partial charge in [0.1, 0.15) is 18.4 Å². The van der Waals surface area contributed by atoms with Crippen molar-refractivity contribution in [1.29, 1.82) is 0 Å². The minimum Gasteiger partial charge on any atom is -0.379 e. The van der Waals surface area contributed by atoms with Crippen molar-refractivity contribution < 1.29 is 18.7 Å². The van der Waals surface area contributed by atoms with E-state index in [1.165, 1.54) is 46.6 Å². The van der Waals surface area contributed by atoms with Gasteiger partial charge in [-0.15, -0.1) is 0 Å². The second-order valence-corrected chi connectivity index (χ2v) is 11.4. The van der Waals surface area contributed by atoms with E-state index in [4.69, 9.17) is 4.74 Å². The molecule has 2 amide bonds. The molecule has 1 saturated heterocycles. The van der Waals surface area contributed by atoms with Crippen LogP contribution in [-0.4, -0.2) is 85.7 Å². The first-order valence-electron chi connectivity index (χ1n) is 15.0. The normalized spacial score (nSPS) is 17.2. The summed E-state index contributed by atoms with van der Waals surface area (Å²) in [6.45, 7) is 3.59. The number of hydrogen-bond donors (Lipinski definition) is 1. The van der Waals surface area contributed by atoms with Crippen LogP contribution in [0.25, 0.3) is 11.2 Å². The van der Waals surface area contributed by atoms with E-state index in [1.54, 1.807) is 12.1 Å². The monoisotopic (exact) mass is 597 g/mol. The molecule has 0 spiro atoms. The van der Waals surface area contributed by atoms with Gasteiger partial charge in [0.05, 0.1) is 19.5 Å². The van der Waals surface area contributed by atoms with E-state index in [0.717, 1.165) is 49.8 Å². The summed E-state index contributed by atoms with van der Waals surface area (Å²) in [7, 11) is 2.89. The van der Waals surface area contributed by atoms with E-state index < -0.39 is 29.0 Å². The maximum Gasteiger partial charge on any atom is 0.332 e. The molecule has 3 heterocycles. The number of benzene rings is 1. The third-order valence-electron chi connectivity index (χ3n) is 8.52. The van der Waals surface area contributed by atoms with E-state index in [1.807, 2.05) is 0 Å². The number of carbonyl (C=O) groups excluding carboxylic acids is 2. The van der Waals surface area contributed by atoms with Gasteiger partial charge in [-0.3, -0.25) is 28.4 Å². The summed E-state index contributed by atoms with van der Waals surface area (Å²) >= 11 is 0. The fraction of sp³-hybridized carbons (Fsp3) is 0.567. The molecule has 5 rings (SSSR count). The zero-order valence-corrected chi connectivity index (χ0v) is 24.8. The molecule has 2 fully saturated rings. The average molecular weight is 598 g/mol. The first-order chi connectivity index (χ1) is 20.7. The maximum absolute atomic E-state index is 14.2. The number of carbonyl (C=O) groups is 2. The molecule has 2 aromatic heterocycles. The fourth-order valence-electron chi connectivity index (χ4n) is 6.09. The highest BCUT2D eigenvalue weighted by atomic mass is 19.1. The van der Waals surface area contributed by atoms with Crippen LogP contribution in [0.5, 0.6) is 0 Å². The summed E-state index contributed by atoms with van der Waals surface area (Å²) in [4.78, 5) is 61.6. The van der Waals surface area contributed by atoms with Crippen molar-refractivity contribution in [1.82, 2.24) is 33.8 Å². The highest BCUT2D eigenvalue weighted by molar-refractivity contribution is 5.89. The van der Waals surface area contributed by atoms with E-state index >= 15 is 0 Å². The smallest absolute Gasteiger partial charge is 0.332 e. The Morgan fingerprint density at radius 3 is 2.47 bits per heavy atom. The molecule has 43 heavy (non-hydrogen) atoms.